The van der Waals surface area contributed by atoms with Gasteiger partial charge in [0.25, 0.3) is 5.91 Å². The van der Waals surface area contributed by atoms with Crippen LogP contribution in [-0.2, 0) is 0 Å². The average molecular weight is 395 g/mol. The van der Waals surface area contributed by atoms with Crippen molar-refractivity contribution >= 4 is 46.7 Å². The van der Waals surface area contributed by atoms with Crippen LogP contribution in [0.4, 0.5) is 0 Å². The average Bonchev–Trinajstić information content (AvgIpc) is 3.15. The Balaban J connectivity index is 1.82. The fourth-order valence-corrected chi connectivity index (χ4v) is 3.25. The molecule has 0 fully saturated rings. The number of nitrogens with one attached hydrogen (secondary N) is 1. The van der Waals surface area contributed by atoms with Gasteiger partial charge in [-0.3, -0.25) is 4.79 Å². The van der Waals surface area contributed by atoms with E-state index in [4.69, 9.17) is 27.7 Å². The van der Waals surface area contributed by atoms with Gasteiger partial charge < -0.3 is 4.52 Å². The second-order valence-corrected chi connectivity index (χ2v) is 6.93. The molecule has 128 valence electrons. The second-order valence-electron chi connectivity index (χ2n) is 5.05. The molecule has 0 atom stereocenters. The molecule has 2 heterocycles. The van der Waals surface area contributed by atoms with Gasteiger partial charge in [-0.25, -0.2) is 10.4 Å². The molecule has 0 bridgehead atoms. The molecule has 1 N–H and O–H groups in total. The van der Waals surface area contributed by atoms with Crippen molar-refractivity contribution in [3.8, 4) is 11.3 Å². The molecule has 0 aliphatic carbocycles. The third-order valence-electron chi connectivity index (χ3n) is 3.31. The molecule has 0 saturated heterocycles. The molecule has 3 aromatic rings. The number of benzene rings is 1. The van der Waals surface area contributed by atoms with E-state index in [0.717, 1.165) is 5.01 Å². The van der Waals surface area contributed by atoms with Crippen molar-refractivity contribution < 1.29 is 9.32 Å². The first-order valence-corrected chi connectivity index (χ1v) is 8.77. The Bertz CT molecular complexity index is 945. The molecule has 6 nitrogen and oxygen atoms in total. The molecule has 0 unspecified atom stereocenters. The van der Waals surface area contributed by atoms with Crippen molar-refractivity contribution in [2.24, 2.45) is 5.10 Å². The summed E-state index contributed by atoms with van der Waals surface area (Å²) in [5.41, 5.74) is 4.22. The van der Waals surface area contributed by atoms with Gasteiger partial charge in [-0.2, -0.15) is 5.10 Å². The summed E-state index contributed by atoms with van der Waals surface area (Å²) in [6, 6.07) is 5.08. The maximum atomic E-state index is 12.4. The lowest BCUT2D eigenvalue weighted by Crippen LogP contribution is -2.19. The monoisotopic (exact) mass is 394 g/mol. The van der Waals surface area contributed by atoms with E-state index in [-0.39, 0.29) is 5.69 Å². The van der Waals surface area contributed by atoms with Crippen LogP contribution in [0.1, 0.15) is 26.8 Å². The van der Waals surface area contributed by atoms with Crippen molar-refractivity contribution in [1.82, 2.24) is 15.6 Å². The predicted octanol–water partition coefficient (Wildman–Crippen LogP) is 4.49. The summed E-state index contributed by atoms with van der Waals surface area (Å²) in [5, 5.41) is 11.3. The van der Waals surface area contributed by atoms with Crippen LogP contribution >= 0.6 is 34.5 Å². The summed E-state index contributed by atoms with van der Waals surface area (Å²) >= 11 is 13.6. The molecular weight excluding hydrogens is 383 g/mol. The van der Waals surface area contributed by atoms with E-state index in [9.17, 15) is 4.79 Å². The maximum absolute atomic E-state index is 12.4. The summed E-state index contributed by atoms with van der Waals surface area (Å²) in [5.74, 6) is -0.00879. The predicted molar refractivity (Wildman–Crippen MR) is 98.6 cm³/mol. The standard InChI is InChI=1S/C16H12Cl2N4O2S/c1-8-14(13-7-25-9(2)20-13)15(22-24-8)16(23)21-19-6-10-11(17)4-3-5-12(10)18/h3-7H,1-2H3,(H,21,23)/b19-6-. The molecule has 0 radical (unpaired) electrons. The summed E-state index contributed by atoms with van der Waals surface area (Å²) in [6.07, 6.45) is 1.38. The number of carbonyl (C=O) groups is 1. The highest BCUT2D eigenvalue weighted by Gasteiger charge is 2.22. The maximum Gasteiger partial charge on any atom is 0.294 e. The number of halogens is 2. The highest BCUT2D eigenvalue weighted by atomic mass is 35.5. The van der Waals surface area contributed by atoms with Gasteiger partial charge >= 0.3 is 0 Å². The molecule has 3 rings (SSSR count). The van der Waals surface area contributed by atoms with E-state index in [1.54, 1.807) is 25.1 Å². The lowest BCUT2D eigenvalue weighted by atomic mass is 10.1. The smallest absolute Gasteiger partial charge is 0.294 e. The SMILES string of the molecule is Cc1nc(-c2c(C(=O)N/N=C\c3c(Cl)cccc3Cl)noc2C)cs1. The summed E-state index contributed by atoms with van der Waals surface area (Å²) in [6.45, 7) is 3.61. The van der Waals surface area contributed by atoms with Crippen molar-refractivity contribution in [3.05, 3.63) is 55.6 Å². The highest BCUT2D eigenvalue weighted by Crippen LogP contribution is 2.28. The van der Waals surface area contributed by atoms with Crippen LogP contribution in [0.3, 0.4) is 0 Å². The number of rotatable bonds is 4. The Morgan fingerprint density at radius 2 is 2.04 bits per heavy atom. The van der Waals surface area contributed by atoms with Crippen LogP contribution in [0.15, 0.2) is 33.2 Å². The minimum atomic E-state index is -0.517. The molecule has 0 aliphatic rings. The molecular formula is C16H12Cl2N4O2S. The molecule has 25 heavy (non-hydrogen) atoms. The molecule has 0 spiro atoms. The van der Waals surface area contributed by atoms with Gasteiger partial charge in [0.15, 0.2) is 5.69 Å². The number of carbonyl (C=O) groups excluding carboxylic acids is 1. The van der Waals surface area contributed by atoms with Crippen LogP contribution < -0.4 is 5.43 Å². The van der Waals surface area contributed by atoms with Crippen molar-refractivity contribution in [1.29, 1.82) is 0 Å². The molecule has 9 heteroatoms. The van der Waals surface area contributed by atoms with Crippen molar-refractivity contribution in [3.63, 3.8) is 0 Å². The lowest BCUT2D eigenvalue weighted by molar-refractivity contribution is 0.0946. The summed E-state index contributed by atoms with van der Waals surface area (Å²) in [4.78, 5) is 16.8. The number of thiazole rings is 1. The minimum Gasteiger partial charge on any atom is -0.360 e. The number of nitrogens with zero attached hydrogens (tertiary/aromatic N) is 3. The van der Waals surface area contributed by atoms with Gasteiger partial charge in [0.1, 0.15) is 5.76 Å². The van der Waals surface area contributed by atoms with Crippen LogP contribution in [0.2, 0.25) is 10.0 Å². The molecule has 0 aliphatic heterocycles. The van der Waals surface area contributed by atoms with Crippen molar-refractivity contribution in [2.75, 3.05) is 0 Å². The topological polar surface area (TPSA) is 80.4 Å². The van der Waals surface area contributed by atoms with E-state index < -0.39 is 5.91 Å². The van der Waals surface area contributed by atoms with Crippen molar-refractivity contribution in [2.45, 2.75) is 13.8 Å². The zero-order chi connectivity index (χ0) is 18.0. The first kappa shape index (κ1) is 17.6. The van der Waals surface area contributed by atoms with Crippen LogP contribution in [0.25, 0.3) is 11.3 Å². The zero-order valence-corrected chi connectivity index (χ0v) is 15.5. The Labute approximate surface area is 157 Å². The van der Waals surface area contributed by atoms with Crippen LogP contribution in [-0.4, -0.2) is 22.3 Å². The Morgan fingerprint density at radius 3 is 2.68 bits per heavy atom. The molecule has 0 saturated carbocycles. The normalized spacial score (nSPS) is 11.2. The fourth-order valence-electron chi connectivity index (χ4n) is 2.15. The highest BCUT2D eigenvalue weighted by molar-refractivity contribution is 7.09. The largest absolute Gasteiger partial charge is 0.360 e. The van der Waals surface area contributed by atoms with Crippen LogP contribution in [0, 0.1) is 13.8 Å². The number of hydrogen-bond donors (Lipinski definition) is 1. The summed E-state index contributed by atoms with van der Waals surface area (Å²) < 4.78 is 5.14. The van der Waals surface area contributed by atoms with Gasteiger partial charge in [0.2, 0.25) is 0 Å². The Kier molecular flexibility index (Phi) is 5.17. The van der Waals surface area contributed by atoms with Gasteiger partial charge in [0.05, 0.1) is 32.5 Å². The van der Waals surface area contributed by atoms with Crippen LogP contribution in [0.5, 0.6) is 0 Å². The number of hydrogen-bond acceptors (Lipinski definition) is 6. The first-order valence-electron chi connectivity index (χ1n) is 7.13. The first-order chi connectivity index (χ1) is 12.0. The minimum absolute atomic E-state index is 0.116. The lowest BCUT2D eigenvalue weighted by Gasteiger charge is -2.01. The van der Waals surface area contributed by atoms with E-state index in [1.165, 1.54) is 17.6 Å². The number of aryl methyl sites for hydroxylation is 2. The molecule has 1 amide bonds. The van der Waals surface area contributed by atoms with E-state index in [2.05, 4.69) is 20.7 Å². The molecule has 2 aromatic heterocycles. The van der Waals surface area contributed by atoms with E-state index >= 15 is 0 Å². The van der Waals surface area contributed by atoms with E-state index in [0.29, 0.717) is 32.6 Å². The van der Waals surface area contributed by atoms with Gasteiger partial charge in [-0.1, -0.05) is 34.4 Å². The summed E-state index contributed by atoms with van der Waals surface area (Å²) in [7, 11) is 0. The third-order valence-corrected chi connectivity index (χ3v) is 4.75. The quantitative estimate of drug-likeness (QED) is 0.522. The number of amides is 1. The Morgan fingerprint density at radius 1 is 1.32 bits per heavy atom. The molecule has 1 aromatic carbocycles. The van der Waals surface area contributed by atoms with E-state index in [1.807, 2.05) is 12.3 Å². The third kappa shape index (κ3) is 3.73. The fraction of sp³-hybridized carbons (Fsp3) is 0.125. The van der Waals surface area contributed by atoms with Gasteiger partial charge in [-0.15, -0.1) is 11.3 Å². The van der Waals surface area contributed by atoms with Gasteiger partial charge in [-0.05, 0) is 26.0 Å². The zero-order valence-electron chi connectivity index (χ0n) is 13.2. The number of hydrazone groups is 1. The second kappa shape index (κ2) is 7.35. The Hall–Kier alpha value is -2.22. The number of aromatic nitrogens is 2. The van der Waals surface area contributed by atoms with Gasteiger partial charge in [0, 0.05) is 10.9 Å².